The van der Waals surface area contributed by atoms with Crippen LogP contribution in [0, 0.1) is 27.7 Å². The molecule has 2 heterocycles. The molecule has 0 aliphatic heterocycles. The maximum Gasteiger partial charge on any atom is 0.225 e. The number of amides is 1. The number of aryl methyl sites for hydroxylation is 4. The van der Waals surface area contributed by atoms with E-state index in [1.54, 1.807) is 0 Å². The van der Waals surface area contributed by atoms with E-state index in [9.17, 15) is 4.79 Å². The maximum absolute atomic E-state index is 13.5. The van der Waals surface area contributed by atoms with Crippen LogP contribution >= 0.6 is 0 Å². The number of hydrogen-bond acceptors (Lipinski definition) is 6. The Bertz CT molecular complexity index is 1700. The second kappa shape index (κ2) is 12.6. The Morgan fingerprint density at radius 1 is 0.977 bits per heavy atom. The van der Waals surface area contributed by atoms with Crippen LogP contribution in [0.25, 0.3) is 11.0 Å². The molecule has 5 aromatic rings. The topological polar surface area (TPSA) is 89.5 Å². The van der Waals surface area contributed by atoms with E-state index in [0.717, 1.165) is 44.5 Å². The molecule has 7 heteroatoms. The number of ether oxygens (including phenoxy) is 1. The van der Waals surface area contributed by atoms with Gasteiger partial charge >= 0.3 is 0 Å². The number of rotatable bonds is 11. The molecule has 2 unspecified atom stereocenters. The predicted molar refractivity (Wildman–Crippen MR) is 169 cm³/mol. The van der Waals surface area contributed by atoms with Crippen LogP contribution in [0.1, 0.15) is 76.6 Å². The number of nitrogens with zero attached hydrogens (tertiary/aromatic N) is 1. The van der Waals surface area contributed by atoms with Crippen LogP contribution in [-0.2, 0) is 16.0 Å². The Kier molecular flexibility index (Phi) is 8.85. The summed E-state index contributed by atoms with van der Waals surface area (Å²) in [6, 6.07) is 24.1. The SMILES string of the molecule is CNC(C)(C)COC(c1cc2cc(CC(=O)NC(c3ccccc3)c3ccc(C)cc3C)ccc2o1)c1c(C)noc1C. The molecule has 0 fully saturated rings. The molecule has 0 saturated carbocycles. The number of benzene rings is 3. The third-order valence-corrected chi connectivity index (χ3v) is 8.04. The summed E-state index contributed by atoms with van der Waals surface area (Å²) in [4.78, 5) is 13.5. The van der Waals surface area contributed by atoms with Crippen molar-refractivity contribution in [2.75, 3.05) is 13.7 Å². The number of nitrogens with one attached hydrogen (secondary N) is 2. The molecule has 2 aromatic heterocycles. The molecule has 1 amide bonds. The van der Waals surface area contributed by atoms with E-state index in [1.165, 1.54) is 5.56 Å². The van der Waals surface area contributed by atoms with Crippen molar-refractivity contribution in [3.8, 4) is 0 Å². The zero-order chi connectivity index (χ0) is 30.7. The molecular weight excluding hydrogens is 538 g/mol. The predicted octanol–water partition coefficient (Wildman–Crippen LogP) is 7.21. The highest BCUT2D eigenvalue weighted by molar-refractivity contribution is 5.83. The summed E-state index contributed by atoms with van der Waals surface area (Å²) in [5, 5.41) is 11.6. The molecule has 0 aliphatic rings. The Morgan fingerprint density at radius 3 is 2.42 bits per heavy atom. The fourth-order valence-electron chi connectivity index (χ4n) is 5.42. The summed E-state index contributed by atoms with van der Waals surface area (Å²) in [5.41, 5.74) is 7.49. The molecule has 0 radical (unpaired) electrons. The first-order valence-corrected chi connectivity index (χ1v) is 14.7. The Hall–Kier alpha value is -4.20. The quantitative estimate of drug-likeness (QED) is 0.172. The summed E-state index contributed by atoms with van der Waals surface area (Å²) in [6.45, 7) is 12.6. The van der Waals surface area contributed by atoms with Crippen LogP contribution in [0.2, 0.25) is 0 Å². The first kappa shape index (κ1) is 30.3. The summed E-state index contributed by atoms with van der Waals surface area (Å²) >= 11 is 0. The number of hydrogen-bond donors (Lipinski definition) is 2. The zero-order valence-corrected chi connectivity index (χ0v) is 26.1. The van der Waals surface area contributed by atoms with Gasteiger partial charge in [0.1, 0.15) is 23.2 Å². The second-order valence-corrected chi connectivity index (χ2v) is 12.0. The van der Waals surface area contributed by atoms with Crippen molar-refractivity contribution < 1.29 is 18.5 Å². The summed E-state index contributed by atoms with van der Waals surface area (Å²) in [5.74, 6) is 1.30. The summed E-state index contributed by atoms with van der Waals surface area (Å²) < 4.78 is 18.2. The fourth-order valence-corrected chi connectivity index (χ4v) is 5.42. The number of fused-ring (bicyclic) bond motifs is 1. The summed E-state index contributed by atoms with van der Waals surface area (Å²) in [6.07, 6.45) is -0.243. The Labute approximate surface area is 253 Å². The van der Waals surface area contributed by atoms with E-state index in [-0.39, 0.29) is 23.9 Å². The lowest BCUT2D eigenvalue weighted by molar-refractivity contribution is -0.120. The van der Waals surface area contributed by atoms with Gasteiger partial charge in [0.15, 0.2) is 0 Å². The van der Waals surface area contributed by atoms with Crippen LogP contribution in [0.5, 0.6) is 0 Å². The average molecular weight is 580 g/mol. The third-order valence-electron chi connectivity index (χ3n) is 8.04. The van der Waals surface area contributed by atoms with Gasteiger partial charge in [-0.3, -0.25) is 4.79 Å². The van der Waals surface area contributed by atoms with Gasteiger partial charge in [0.2, 0.25) is 5.91 Å². The molecule has 3 aromatic carbocycles. The van der Waals surface area contributed by atoms with Crippen molar-refractivity contribution >= 4 is 16.9 Å². The van der Waals surface area contributed by atoms with Crippen molar-refractivity contribution in [1.29, 1.82) is 0 Å². The highest BCUT2D eigenvalue weighted by atomic mass is 16.5. The van der Waals surface area contributed by atoms with Gasteiger partial charge < -0.3 is 24.3 Å². The molecule has 0 saturated heterocycles. The minimum Gasteiger partial charge on any atom is -0.458 e. The molecule has 43 heavy (non-hydrogen) atoms. The number of carbonyl (C=O) groups excluding carboxylic acids is 1. The zero-order valence-electron chi connectivity index (χ0n) is 26.1. The maximum atomic E-state index is 13.5. The van der Waals surface area contributed by atoms with Crippen LogP contribution in [0.4, 0.5) is 0 Å². The van der Waals surface area contributed by atoms with E-state index in [0.29, 0.717) is 18.1 Å². The Balaban J connectivity index is 1.40. The molecule has 7 nitrogen and oxygen atoms in total. The number of aromatic nitrogens is 1. The van der Waals surface area contributed by atoms with Gasteiger partial charge in [-0.15, -0.1) is 0 Å². The van der Waals surface area contributed by atoms with Gasteiger partial charge in [-0.05, 0) is 89.0 Å². The monoisotopic (exact) mass is 579 g/mol. The van der Waals surface area contributed by atoms with Crippen molar-refractivity contribution in [2.24, 2.45) is 0 Å². The van der Waals surface area contributed by atoms with E-state index in [4.69, 9.17) is 13.7 Å². The summed E-state index contributed by atoms with van der Waals surface area (Å²) in [7, 11) is 1.91. The normalized spacial score (nSPS) is 13.3. The van der Waals surface area contributed by atoms with Gasteiger partial charge in [0.25, 0.3) is 0 Å². The van der Waals surface area contributed by atoms with E-state index >= 15 is 0 Å². The molecule has 2 N–H and O–H groups in total. The van der Waals surface area contributed by atoms with E-state index in [1.807, 2.05) is 63.4 Å². The lowest BCUT2D eigenvalue weighted by atomic mass is 9.93. The molecule has 5 rings (SSSR count). The van der Waals surface area contributed by atoms with Crippen molar-refractivity contribution in [2.45, 2.75) is 65.6 Å². The lowest BCUT2D eigenvalue weighted by Gasteiger charge is -2.26. The van der Waals surface area contributed by atoms with Crippen molar-refractivity contribution in [3.05, 3.63) is 123 Å². The molecule has 0 spiro atoms. The highest BCUT2D eigenvalue weighted by Gasteiger charge is 2.29. The number of likely N-dealkylation sites (N-methyl/N-ethyl adjacent to an activating group) is 1. The average Bonchev–Trinajstić information content (AvgIpc) is 3.55. The largest absolute Gasteiger partial charge is 0.458 e. The van der Waals surface area contributed by atoms with Gasteiger partial charge in [-0.2, -0.15) is 0 Å². The van der Waals surface area contributed by atoms with Gasteiger partial charge in [-0.1, -0.05) is 65.3 Å². The first-order chi connectivity index (χ1) is 20.5. The highest BCUT2D eigenvalue weighted by Crippen LogP contribution is 2.35. The molecule has 0 bridgehead atoms. The molecule has 0 aliphatic carbocycles. The standard InChI is InChI=1S/C36H41N3O4/c1-22-13-15-29(23(2)17-22)34(27-11-9-8-10-12-27)38-32(40)19-26-14-16-30-28(18-26)20-31(42-30)35(41-21-36(5,6)37-7)33-24(3)39-43-25(33)4/h8-18,20,34-35,37H,19,21H2,1-7H3,(H,38,40). The van der Waals surface area contributed by atoms with Crippen LogP contribution in [0.15, 0.2) is 81.7 Å². The van der Waals surface area contributed by atoms with Crippen molar-refractivity contribution in [3.63, 3.8) is 0 Å². The number of furan rings is 1. The second-order valence-electron chi connectivity index (χ2n) is 12.0. The third kappa shape index (κ3) is 6.90. The number of carbonyl (C=O) groups is 1. The van der Waals surface area contributed by atoms with E-state index < -0.39 is 6.10 Å². The van der Waals surface area contributed by atoms with Gasteiger partial charge in [0.05, 0.1) is 30.3 Å². The lowest BCUT2D eigenvalue weighted by Crippen LogP contribution is -2.41. The van der Waals surface area contributed by atoms with Crippen molar-refractivity contribution in [1.82, 2.24) is 15.8 Å². The molecule has 224 valence electrons. The van der Waals surface area contributed by atoms with Gasteiger partial charge in [0, 0.05) is 10.9 Å². The molecule has 2 atom stereocenters. The Morgan fingerprint density at radius 2 is 1.74 bits per heavy atom. The van der Waals surface area contributed by atoms with Gasteiger partial charge in [-0.25, -0.2) is 0 Å². The minimum absolute atomic E-state index is 0.0527. The fraction of sp³-hybridized carbons (Fsp3) is 0.333. The van der Waals surface area contributed by atoms with Crippen LogP contribution < -0.4 is 10.6 Å². The molecular formula is C36H41N3O4. The van der Waals surface area contributed by atoms with E-state index in [2.05, 4.69) is 73.8 Å². The van der Waals surface area contributed by atoms with Crippen LogP contribution in [0.3, 0.4) is 0 Å². The smallest absolute Gasteiger partial charge is 0.225 e. The first-order valence-electron chi connectivity index (χ1n) is 14.7. The van der Waals surface area contributed by atoms with Crippen LogP contribution in [-0.4, -0.2) is 30.3 Å². The minimum atomic E-state index is -0.484.